The van der Waals surface area contributed by atoms with E-state index >= 15 is 0 Å². The molecule has 1 aliphatic rings. The van der Waals surface area contributed by atoms with Crippen molar-refractivity contribution in [3.8, 4) is 0 Å². The molecule has 1 amide bonds. The van der Waals surface area contributed by atoms with Crippen LogP contribution >= 0.6 is 15.9 Å². The van der Waals surface area contributed by atoms with Crippen LogP contribution in [0, 0.1) is 0 Å². The predicted molar refractivity (Wildman–Crippen MR) is 101 cm³/mol. The van der Waals surface area contributed by atoms with E-state index in [0.717, 1.165) is 9.86 Å². The molecule has 1 N–H and O–H groups in total. The van der Waals surface area contributed by atoms with Crippen LogP contribution in [0.5, 0.6) is 0 Å². The van der Waals surface area contributed by atoms with E-state index < -0.39 is 23.5 Å². The maximum atomic E-state index is 13.2. The number of ketones is 1. The molecule has 0 bridgehead atoms. The van der Waals surface area contributed by atoms with Crippen molar-refractivity contribution >= 4 is 38.6 Å². The Kier molecular flexibility index (Phi) is 4.39. The van der Waals surface area contributed by atoms with Crippen molar-refractivity contribution in [1.82, 2.24) is 4.90 Å². The number of rotatable bonds is 5. The van der Waals surface area contributed by atoms with Gasteiger partial charge in [0.2, 0.25) is 5.78 Å². The molecule has 0 aliphatic carbocycles. The van der Waals surface area contributed by atoms with Gasteiger partial charge < -0.3 is 18.8 Å². The Morgan fingerprint density at radius 1 is 1.30 bits per heavy atom. The highest BCUT2D eigenvalue weighted by molar-refractivity contribution is 9.10. The SMILES string of the molecule is CCCN1C(=O)C(O)=C(C(=O)c2cc3cc(Br)ccc3o2)C1c1ccco1. The first-order chi connectivity index (χ1) is 13.0. The highest BCUT2D eigenvalue weighted by atomic mass is 79.9. The zero-order chi connectivity index (χ0) is 19.1. The van der Waals surface area contributed by atoms with Crippen LogP contribution in [0.25, 0.3) is 11.0 Å². The second kappa shape index (κ2) is 6.74. The minimum absolute atomic E-state index is 0.0264. The summed E-state index contributed by atoms with van der Waals surface area (Å²) in [4.78, 5) is 27.2. The highest BCUT2D eigenvalue weighted by Gasteiger charge is 2.45. The summed E-state index contributed by atoms with van der Waals surface area (Å²) in [6.07, 6.45) is 2.15. The Labute approximate surface area is 163 Å². The van der Waals surface area contributed by atoms with Gasteiger partial charge in [-0.2, -0.15) is 0 Å². The van der Waals surface area contributed by atoms with E-state index in [1.54, 1.807) is 24.3 Å². The number of furan rings is 2. The van der Waals surface area contributed by atoms with Gasteiger partial charge in [-0.1, -0.05) is 22.9 Å². The van der Waals surface area contributed by atoms with E-state index in [0.29, 0.717) is 24.3 Å². The van der Waals surface area contributed by atoms with Gasteiger partial charge in [-0.25, -0.2) is 0 Å². The normalized spacial score (nSPS) is 17.3. The van der Waals surface area contributed by atoms with Crippen LogP contribution in [0.15, 0.2) is 67.3 Å². The zero-order valence-corrected chi connectivity index (χ0v) is 16.0. The van der Waals surface area contributed by atoms with Crippen LogP contribution in [0.4, 0.5) is 0 Å². The Balaban J connectivity index is 1.80. The predicted octanol–water partition coefficient (Wildman–Crippen LogP) is 4.78. The molecule has 0 spiro atoms. The summed E-state index contributed by atoms with van der Waals surface area (Å²) in [7, 11) is 0. The van der Waals surface area contributed by atoms with Gasteiger partial charge in [0.15, 0.2) is 11.5 Å². The molecule has 0 saturated heterocycles. The number of aliphatic hydroxyl groups excluding tert-OH is 1. The molecule has 138 valence electrons. The maximum absolute atomic E-state index is 13.2. The van der Waals surface area contributed by atoms with Gasteiger partial charge in [0.25, 0.3) is 5.91 Å². The van der Waals surface area contributed by atoms with Gasteiger partial charge in [0, 0.05) is 16.4 Å². The van der Waals surface area contributed by atoms with Gasteiger partial charge in [-0.15, -0.1) is 0 Å². The first kappa shape index (κ1) is 17.6. The van der Waals surface area contributed by atoms with Gasteiger partial charge in [0.1, 0.15) is 17.4 Å². The topological polar surface area (TPSA) is 83.9 Å². The molecule has 0 radical (unpaired) electrons. The van der Waals surface area contributed by atoms with Gasteiger partial charge in [-0.05, 0) is 42.8 Å². The number of carbonyl (C=O) groups excluding carboxylic acids is 2. The molecule has 0 fully saturated rings. The molecule has 3 aromatic rings. The van der Waals surface area contributed by atoms with E-state index in [9.17, 15) is 14.7 Å². The van der Waals surface area contributed by atoms with E-state index in [1.165, 1.54) is 11.2 Å². The summed E-state index contributed by atoms with van der Waals surface area (Å²) in [5, 5.41) is 11.2. The number of halogens is 1. The summed E-state index contributed by atoms with van der Waals surface area (Å²) in [5.41, 5.74) is 0.521. The number of carbonyl (C=O) groups is 2. The monoisotopic (exact) mass is 429 g/mol. The van der Waals surface area contributed by atoms with Gasteiger partial charge in [-0.3, -0.25) is 9.59 Å². The quantitative estimate of drug-likeness (QED) is 0.590. The Morgan fingerprint density at radius 2 is 2.11 bits per heavy atom. The van der Waals surface area contributed by atoms with Crippen LogP contribution < -0.4 is 0 Å². The van der Waals surface area contributed by atoms with Crippen molar-refractivity contribution in [2.45, 2.75) is 19.4 Å². The largest absolute Gasteiger partial charge is 0.503 e. The maximum Gasteiger partial charge on any atom is 0.290 e. The third kappa shape index (κ3) is 2.88. The molecule has 2 aromatic heterocycles. The van der Waals surface area contributed by atoms with Crippen molar-refractivity contribution in [2.24, 2.45) is 0 Å². The van der Waals surface area contributed by atoms with Gasteiger partial charge in [0.05, 0.1) is 11.8 Å². The lowest BCUT2D eigenvalue weighted by molar-refractivity contribution is -0.129. The number of Topliss-reactive ketones (excluding diaryl/α,β-unsaturated/α-hetero) is 1. The highest BCUT2D eigenvalue weighted by Crippen LogP contribution is 2.39. The molecule has 4 rings (SSSR count). The second-order valence-corrected chi connectivity index (χ2v) is 7.22. The standard InChI is InChI=1S/C20H16BrNO5/c1-2-7-22-17(14-4-3-8-26-14)16(19(24)20(22)25)18(23)15-10-11-9-12(21)5-6-13(11)27-15/h3-6,8-10,17,24H,2,7H2,1H3. The van der Waals surface area contributed by atoms with E-state index in [4.69, 9.17) is 8.83 Å². The van der Waals surface area contributed by atoms with Crippen LogP contribution in [0.2, 0.25) is 0 Å². The lowest BCUT2D eigenvalue weighted by Crippen LogP contribution is -2.31. The van der Waals surface area contributed by atoms with Gasteiger partial charge >= 0.3 is 0 Å². The number of nitrogens with zero attached hydrogens (tertiary/aromatic N) is 1. The third-order valence-electron chi connectivity index (χ3n) is 4.53. The molecular formula is C20H16BrNO5. The van der Waals surface area contributed by atoms with Crippen molar-refractivity contribution in [1.29, 1.82) is 0 Å². The molecule has 6 nitrogen and oxygen atoms in total. The lowest BCUT2D eigenvalue weighted by atomic mass is 9.99. The molecule has 1 aliphatic heterocycles. The number of aliphatic hydroxyl groups is 1. The summed E-state index contributed by atoms with van der Waals surface area (Å²) in [5.74, 6) is -1.19. The Morgan fingerprint density at radius 3 is 2.81 bits per heavy atom. The van der Waals surface area contributed by atoms with E-state index in [1.807, 2.05) is 19.1 Å². The number of amides is 1. The molecule has 7 heteroatoms. The summed E-state index contributed by atoms with van der Waals surface area (Å²) in [6.45, 7) is 2.30. The van der Waals surface area contributed by atoms with Crippen molar-refractivity contribution in [3.63, 3.8) is 0 Å². The number of benzene rings is 1. The molecular weight excluding hydrogens is 414 g/mol. The fourth-order valence-corrected chi connectivity index (χ4v) is 3.74. The fourth-order valence-electron chi connectivity index (χ4n) is 3.36. The molecule has 1 atom stereocenters. The molecule has 3 heterocycles. The Bertz CT molecular complexity index is 1060. The lowest BCUT2D eigenvalue weighted by Gasteiger charge is -2.23. The van der Waals surface area contributed by atoms with Crippen molar-refractivity contribution < 1.29 is 23.5 Å². The summed E-state index contributed by atoms with van der Waals surface area (Å²) >= 11 is 3.38. The minimum atomic E-state index is -0.778. The summed E-state index contributed by atoms with van der Waals surface area (Å²) < 4.78 is 12.0. The van der Waals surface area contributed by atoms with E-state index in [-0.39, 0.29) is 11.3 Å². The van der Waals surface area contributed by atoms with Crippen molar-refractivity contribution in [3.05, 3.63) is 70.0 Å². The molecule has 1 aromatic carbocycles. The molecule has 1 unspecified atom stereocenters. The molecule has 27 heavy (non-hydrogen) atoms. The Hall–Kier alpha value is -2.80. The smallest absolute Gasteiger partial charge is 0.290 e. The first-order valence-electron chi connectivity index (χ1n) is 8.52. The van der Waals surface area contributed by atoms with E-state index in [2.05, 4.69) is 15.9 Å². The van der Waals surface area contributed by atoms with Crippen LogP contribution in [0.3, 0.4) is 0 Å². The second-order valence-electron chi connectivity index (χ2n) is 6.30. The van der Waals surface area contributed by atoms with Crippen LogP contribution in [-0.2, 0) is 4.79 Å². The zero-order valence-electron chi connectivity index (χ0n) is 14.4. The third-order valence-corrected chi connectivity index (χ3v) is 5.02. The number of hydrogen-bond acceptors (Lipinski definition) is 5. The van der Waals surface area contributed by atoms with Crippen molar-refractivity contribution in [2.75, 3.05) is 6.54 Å². The fraction of sp³-hybridized carbons (Fsp3) is 0.200. The summed E-state index contributed by atoms with van der Waals surface area (Å²) in [6, 6.07) is 9.58. The first-order valence-corrected chi connectivity index (χ1v) is 9.32. The average Bonchev–Trinajstić information content (AvgIpc) is 3.36. The minimum Gasteiger partial charge on any atom is -0.503 e. The molecule has 0 saturated carbocycles. The number of hydrogen-bond donors (Lipinski definition) is 1. The van der Waals surface area contributed by atoms with Crippen LogP contribution in [-0.4, -0.2) is 28.2 Å². The van der Waals surface area contributed by atoms with Crippen LogP contribution in [0.1, 0.15) is 35.7 Å². The average molecular weight is 430 g/mol. The number of fused-ring (bicyclic) bond motifs is 1.